The van der Waals surface area contributed by atoms with Crippen molar-refractivity contribution in [2.75, 3.05) is 7.11 Å². The predicted molar refractivity (Wildman–Crippen MR) is 202 cm³/mol. The number of methoxy groups -OCH3 is 1. The Morgan fingerprint density at radius 1 is 0.630 bits per heavy atom. The van der Waals surface area contributed by atoms with Crippen LogP contribution in [0.15, 0.2) is 148 Å². The number of H-pyrrole nitrogens is 1. The van der Waals surface area contributed by atoms with Gasteiger partial charge < -0.3 is 9.72 Å². The number of carbonyl (C=O) groups is 3. The number of Topliss-reactive ketones (excluding diaryl/α,β-unsaturated/α-hetero) is 3. The van der Waals surface area contributed by atoms with E-state index < -0.39 is 5.92 Å². The number of ether oxygens (including phenoxy) is 1. The maximum Gasteiger partial charge on any atom is 0.271 e. The van der Waals surface area contributed by atoms with Gasteiger partial charge in [-0.25, -0.2) is 13.8 Å². The predicted octanol–water partition coefficient (Wildman–Crippen LogP) is 6.86. The summed E-state index contributed by atoms with van der Waals surface area (Å²) < 4.78 is 33.8. The lowest BCUT2D eigenvalue weighted by atomic mass is 10.1. The third kappa shape index (κ3) is 12.7. The molecule has 54 heavy (non-hydrogen) atoms. The molecule has 13 heteroatoms. The Bertz CT molecular complexity index is 2330. The Kier molecular flexibility index (Phi) is 15.1. The summed E-state index contributed by atoms with van der Waals surface area (Å²) in [6, 6.07) is 29.4. The van der Waals surface area contributed by atoms with E-state index in [1.807, 2.05) is 30.3 Å². The van der Waals surface area contributed by atoms with Crippen molar-refractivity contribution in [2.45, 2.75) is 33.6 Å². The number of carbonyl (C=O) groups excluding carboxylic acids is 3. The standard InChI is InChI=1S/C13H11F2NO.C13H11NO2.C8H9NO2.C7H7NO2/c1-13(14,15)10-7-8-12(17)16(9-10)11-5-3-2-4-6-11;1-10(15)11-7-8-13(16)14(9-11)12-5-3-2-4-6-12;1-6(10)7-3-4-8(11-2)9-5-7;1-5(9)6-2-3-7(10)8-4-6/h2-9H,1H3;2-9H,1H3;3-5H,1-2H3;2-4H,1H3,(H,8,10). The monoisotopic (exact) mass is 736 g/mol. The molecule has 0 aliphatic rings. The van der Waals surface area contributed by atoms with E-state index in [0.717, 1.165) is 24.7 Å². The van der Waals surface area contributed by atoms with E-state index in [4.69, 9.17) is 4.74 Å². The van der Waals surface area contributed by atoms with Gasteiger partial charge in [-0.2, -0.15) is 0 Å². The van der Waals surface area contributed by atoms with Gasteiger partial charge in [-0.3, -0.25) is 37.9 Å². The normalized spacial score (nSPS) is 10.2. The molecule has 6 rings (SSSR count). The van der Waals surface area contributed by atoms with Crippen molar-refractivity contribution in [3.63, 3.8) is 0 Å². The fourth-order valence-electron chi connectivity index (χ4n) is 4.36. The minimum atomic E-state index is -2.95. The summed E-state index contributed by atoms with van der Waals surface area (Å²) in [6.45, 7) is 5.24. The summed E-state index contributed by atoms with van der Waals surface area (Å²) in [5.74, 6) is -2.51. The minimum absolute atomic E-state index is 0.0140. The highest BCUT2D eigenvalue weighted by Crippen LogP contribution is 2.26. The first-order chi connectivity index (χ1) is 25.6. The number of ketones is 3. The molecule has 0 spiro atoms. The summed E-state index contributed by atoms with van der Waals surface area (Å²) in [5.41, 5.74) is 2.15. The number of halogens is 2. The number of aromatic amines is 1. The molecule has 0 saturated carbocycles. The molecule has 0 aliphatic carbocycles. The zero-order valence-electron chi connectivity index (χ0n) is 30.2. The topological polar surface area (TPSA) is 150 Å². The number of rotatable bonds is 7. The van der Waals surface area contributed by atoms with Crippen LogP contribution >= 0.6 is 0 Å². The van der Waals surface area contributed by atoms with E-state index in [0.29, 0.717) is 28.3 Å². The molecule has 0 fully saturated rings. The van der Waals surface area contributed by atoms with E-state index in [1.165, 1.54) is 73.8 Å². The number of pyridine rings is 4. The van der Waals surface area contributed by atoms with Gasteiger partial charge in [0.05, 0.1) is 7.11 Å². The van der Waals surface area contributed by atoms with Crippen LogP contribution in [0, 0.1) is 0 Å². The highest BCUT2D eigenvalue weighted by molar-refractivity contribution is 5.94. The van der Waals surface area contributed by atoms with Gasteiger partial charge in [0, 0.05) is 89.6 Å². The molecule has 278 valence electrons. The minimum Gasteiger partial charge on any atom is -0.481 e. The summed E-state index contributed by atoms with van der Waals surface area (Å²) in [4.78, 5) is 72.6. The molecule has 1 N–H and O–H groups in total. The second kappa shape index (κ2) is 19.6. The van der Waals surface area contributed by atoms with Gasteiger partial charge in [-0.1, -0.05) is 36.4 Å². The molecule has 0 saturated heterocycles. The van der Waals surface area contributed by atoms with Crippen LogP contribution in [-0.4, -0.2) is 43.6 Å². The molecule has 6 aromatic rings. The van der Waals surface area contributed by atoms with Crippen LogP contribution in [0.3, 0.4) is 0 Å². The average molecular weight is 737 g/mol. The number of para-hydroxylation sites is 2. The van der Waals surface area contributed by atoms with Crippen molar-refractivity contribution in [1.82, 2.24) is 19.1 Å². The first-order valence-corrected chi connectivity index (χ1v) is 16.3. The van der Waals surface area contributed by atoms with Crippen LogP contribution in [0.1, 0.15) is 64.3 Å². The molecule has 2 aromatic carbocycles. The van der Waals surface area contributed by atoms with Crippen LogP contribution in [0.4, 0.5) is 8.78 Å². The molecule has 0 atom stereocenters. The highest BCUT2D eigenvalue weighted by atomic mass is 19.3. The van der Waals surface area contributed by atoms with Gasteiger partial charge in [0.25, 0.3) is 17.0 Å². The lowest BCUT2D eigenvalue weighted by Crippen LogP contribution is -2.20. The van der Waals surface area contributed by atoms with Crippen molar-refractivity contribution in [3.05, 3.63) is 187 Å². The molecule has 0 aliphatic heterocycles. The molecule has 0 amide bonds. The Morgan fingerprint density at radius 2 is 1.11 bits per heavy atom. The quantitative estimate of drug-likeness (QED) is 0.175. The molecule has 11 nitrogen and oxygen atoms in total. The van der Waals surface area contributed by atoms with Crippen molar-refractivity contribution in [2.24, 2.45) is 0 Å². The number of alkyl halides is 2. The zero-order chi connectivity index (χ0) is 39.8. The molecule has 4 aromatic heterocycles. The second-order valence-electron chi connectivity index (χ2n) is 11.5. The molecular formula is C41H38F2N4O7. The first-order valence-electron chi connectivity index (χ1n) is 16.3. The van der Waals surface area contributed by atoms with Gasteiger partial charge in [-0.15, -0.1) is 0 Å². The number of aromatic nitrogens is 4. The SMILES string of the molecule is CC(=O)c1ccc(=O)[nH]c1.CC(=O)c1ccc(=O)n(-c2ccccc2)c1.CC(F)(F)c1ccc(=O)n(-c2ccccc2)c1.COc1ccc(C(C)=O)cn1. The zero-order valence-corrected chi connectivity index (χ0v) is 30.2. The third-order valence-corrected chi connectivity index (χ3v) is 7.35. The Hall–Kier alpha value is -6.89. The van der Waals surface area contributed by atoms with Gasteiger partial charge in [-0.05, 0) is 69.3 Å². The van der Waals surface area contributed by atoms with E-state index in [-0.39, 0.29) is 39.6 Å². The number of nitrogens with one attached hydrogen (secondary N) is 1. The second-order valence-corrected chi connectivity index (χ2v) is 11.5. The van der Waals surface area contributed by atoms with Crippen LogP contribution in [-0.2, 0) is 5.92 Å². The lowest BCUT2D eigenvalue weighted by Gasteiger charge is -2.13. The van der Waals surface area contributed by atoms with Crippen molar-refractivity contribution >= 4 is 17.3 Å². The van der Waals surface area contributed by atoms with E-state index in [2.05, 4.69) is 9.97 Å². The van der Waals surface area contributed by atoms with Crippen molar-refractivity contribution in [1.29, 1.82) is 0 Å². The molecule has 0 unspecified atom stereocenters. The van der Waals surface area contributed by atoms with Gasteiger partial charge in [0.15, 0.2) is 17.3 Å². The number of hydrogen-bond acceptors (Lipinski definition) is 8. The third-order valence-electron chi connectivity index (χ3n) is 7.35. The number of nitrogens with zero attached hydrogens (tertiary/aromatic N) is 3. The summed E-state index contributed by atoms with van der Waals surface area (Å²) >= 11 is 0. The molecular weight excluding hydrogens is 698 g/mol. The van der Waals surface area contributed by atoms with Crippen molar-refractivity contribution in [3.8, 4) is 17.3 Å². The maximum atomic E-state index is 13.2. The van der Waals surface area contributed by atoms with Crippen LogP contribution in [0.2, 0.25) is 0 Å². The number of benzene rings is 2. The largest absolute Gasteiger partial charge is 0.481 e. The number of hydrogen-bond donors (Lipinski definition) is 1. The maximum absolute atomic E-state index is 13.2. The van der Waals surface area contributed by atoms with Crippen LogP contribution in [0.25, 0.3) is 11.4 Å². The Labute approximate surface area is 309 Å². The van der Waals surface area contributed by atoms with Gasteiger partial charge in [0.2, 0.25) is 11.4 Å². The van der Waals surface area contributed by atoms with Gasteiger partial charge >= 0.3 is 0 Å². The summed E-state index contributed by atoms with van der Waals surface area (Å²) in [6.07, 6.45) is 5.66. The van der Waals surface area contributed by atoms with E-state index in [9.17, 15) is 37.5 Å². The fraction of sp³-hybridized carbons (Fsp3) is 0.146. The summed E-state index contributed by atoms with van der Waals surface area (Å²) in [7, 11) is 1.54. The lowest BCUT2D eigenvalue weighted by molar-refractivity contribution is 0.0169. The van der Waals surface area contributed by atoms with Crippen LogP contribution in [0.5, 0.6) is 5.88 Å². The smallest absolute Gasteiger partial charge is 0.271 e. The van der Waals surface area contributed by atoms with Gasteiger partial charge in [0.1, 0.15) is 0 Å². The average Bonchev–Trinajstić information content (AvgIpc) is 3.16. The molecule has 0 bridgehead atoms. The Balaban J connectivity index is 0.000000198. The Morgan fingerprint density at radius 3 is 1.54 bits per heavy atom. The van der Waals surface area contributed by atoms with E-state index in [1.54, 1.807) is 54.7 Å². The van der Waals surface area contributed by atoms with Crippen molar-refractivity contribution < 1.29 is 27.9 Å². The first kappa shape index (κ1) is 41.5. The molecule has 0 radical (unpaired) electrons. The van der Waals surface area contributed by atoms with Crippen LogP contribution < -0.4 is 21.4 Å². The summed E-state index contributed by atoms with van der Waals surface area (Å²) in [5, 5.41) is 0. The fourth-order valence-corrected chi connectivity index (χ4v) is 4.36. The molecule has 4 heterocycles. The highest BCUT2D eigenvalue weighted by Gasteiger charge is 2.25. The van der Waals surface area contributed by atoms with E-state index >= 15 is 0 Å².